The highest BCUT2D eigenvalue weighted by Crippen LogP contribution is 2.66. The molecule has 0 saturated carbocycles. The van der Waals surface area contributed by atoms with Crippen LogP contribution >= 0.6 is 18.0 Å². The van der Waals surface area contributed by atoms with Gasteiger partial charge in [-0.2, -0.15) is 0 Å². The minimum absolute atomic E-state index is 0.378. The molecule has 1 aromatic carbocycles. The van der Waals surface area contributed by atoms with Crippen molar-refractivity contribution in [3.63, 3.8) is 0 Å². The molecule has 2 fully saturated rings. The molecule has 0 N–H and O–H groups in total. The first-order chi connectivity index (χ1) is 7.69. The fourth-order valence-corrected chi connectivity index (χ4v) is 5.73. The normalized spacial score (nSPS) is 34.3. The third-order valence-electron chi connectivity index (χ3n) is 3.40. The predicted octanol–water partition coefficient (Wildman–Crippen LogP) is 3.32. The molecule has 2 atom stereocenters. The van der Waals surface area contributed by atoms with Crippen LogP contribution in [0.25, 0.3) is 0 Å². The second-order valence-corrected chi connectivity index (χ2v) is 7.61. The number of halogens is 1. The van der Waals surface area contributed by atoms with E-state index in [2.05, 4.69) is 0 Å². The quantitative estimate of drug-likeness (QED) is 0.720. The highest BCUT2D eigenvalue weighted by atomic mass is 35.7. The predicted molar refractivity (Wildman–Crippen MR) is 67.0 cm³/mol. The molecule has 3 nitrogen and oxygen atoms in total. The zero-order valence-electron chi connectivity index (χ0n) is 8.92. The van der Waals surface area contributed by atoms with E-state index < -0.39 is 6.80 Å². The minimum Gasteiger partial charge on any atom is -0.298 e. The molecular formula is C11H14ClN2OP. The average Bonchev–Trinajstić information content (AvgIpc) is 2.83. The summed E-state index contributed by atoms with van der Waals surface area (Å²) in [6.45, 7) is -1.17. The monoisotopic (exact) mass is 256 g/mol. The molecule has 5 heteroatoms. The van der Waals surface area contributed by atoms with Crippen molar-refractivity contribution in [2.24, 2.45) is 0 Å². The Bertz CT molecular complexity index is 439. The number of hydrogen-bond donors (Lipinski definition) is 0. The summed E-state index contributed by atoms with van der Waals surface area (Å²) in [5, 5.41) is 0. The van der Waals surface area contributed by atoms with E-state index in [-0.39, 0.29) is 0 Å². The van der Waals surface area contributed by atoms with E-state index in [9.17, 15) is 4.57 Å². The molecule has 2 aliphatic rings. The van der Waals surface area contributed by atoms with E-state index in [4.69, 9.17) is 11.2 Å². The molecule has 1 aromatic rings. The molecule has 0 unspecified atom stereocenters. The second kappa shape index (κ2) is 3.76. The molecule has 0 spiro atoms. The zero-order chi connectivity index (χ0) is 11.2. The van der Waals surface area contributed by atoms with E-state index in [1.54, 1.807) is 0 Å². The number of rotatable bonds is 1. The number of nitrogens with zero attached hydrogens (tertiary/aromatic N) is 2. The lowest BCUT2D eigenvalue weighted by Gasteiger charge is -2.24. The molecule has 2 aliphatic heterocycles. The maximum Gasteiger partial charge on any atom is 0.328 e. The summed E-state index contributed by atoms with van der Waals surface area (Å²) in [4.78, 5) is 0. The Kier molecular flexibility index (Phi) is 2.50. The van der Waals surface area contributed by atoms with Crippen LogP contribution in [-0.4, -0.2) is 23.8 Å². The minimum atomic E-state index is -2.84. The lowest BCUT2D eigenvalue weighted by atomic mass is 10.2. The Hall–Kier alpha value is -0.500. The smallest absolute Gasteiger partial charge is 0.298 e. The van der Waals surface area contributed by atoms with Crippen LogP contribution < -0.4 is 4.67 Å². The highest BCUT2D eigenvalue weighted by molar-refractivity contribution is 7.88. The molecule has 16 heavy (non-hydrogen) atoms. The summed E-state index contributed by atoms with van der Waals surface area (Å²) in [7, 11) is 0. The first-order valence-electron chi connectivity index (χ1n) is 5.59. The van der Waals surface area contributed by atoms with Crippen molar-refractivity contribution in [1.82, 2.24) is 4.67 Å². The molecule has 0 bridgehead atoms. The molecule has 2 heterocycles. The zero-order valence-corrected chi connectivity index (χ0v) is 10.6. The molecule has 86 valence electrons. The number of anilines is 1. The van der Waals surface area contributed by atoms with Crippen LogP contribution in [0.15, 0.2) is 30.3 Å². The average molecular weight is 257 g/mol. The van der Waals surface area contributed by atoms with Crippen molar-refractivity contribution in [3.8, 4) is 0 Å². The van der Waals surface area contributed by atoms with Crippen LogP contribution in [-0.2, 0) is 4.57 Å². The number of para-hydroxylation sites is 1. The van der Waals surface area contributed by atoms with Gasteiger partial charge < -0.3 is 0 Å². The standard InChI is InChI=1S/C11H14ClN2OP/c12-16(15)13-8-4-7-11(13)9-14(16)10-5-2-1-3-6-10/h1-3,5-6,11H,4,7-9H2/t11-,16+/m0/s1. The van der Waals surface area contributed by atoms with Crippen molar-refractivity contribution in [3.05, 3.63) is 30.3 Å². The Labute approximate surface area is 100 Å². The Morgan fingerprint density at radius 2 is 2.06 bits per heavy atom. The third kappa shape index (κ3) is 1.50. The molecular weight excluding hydrogens is 243 g/mol. The number of fused-ring (bicyclic) bond motifs is 1. The van der Waals surface area contributed by atoms with Crippen LogP contribution in [0.1, 0.15) is 12.8 Å². The van der Waals surface area contributed by atoms with Gasteiger partial charge >= 0.3 is 6.80 Å². The molecule has 0 amide bonds. The Morgan fingerprint density at radius 1 is 1.31 bits per heavy atom. The summed E-state index contributed by atoms with van der Waals surface area (Å²) in [6, 6.07) is 10.2. The van der Waals surface area contributed by atoms with Crippen molar-refractivity contribution in [2.75, 3.05) is 17.8 Å². The van der Waals surface area contributed by atoms with Crippen LogP contribution in [0.5, 0.6) is 0 Å². The molecule has 0 aliphatic carbocycles. The van der Waals surface area contributed by atoms with Gasteiger partial charge in [0.1, 0.15) is 0 Å². The Balaban J connectivity index is 1.96. The van der Waals surface area contributed by atoms with Gasteiger partial charge in [-0.05, 0) is 36.2 Å². The molecule has 0 radical (unpaired) electrons. The van der Waals surface area contributed by atoms with E-state index in [1.807, 2.05) is 39.7 Å². The SMILES string of the molecule is O=[P@@]1(Cl)N(c2ccccc2)C[C@@H]2CCCN21. The van der Waals surface area contributed by atoms with E-state index in [0.717, 1.165) is 31.6 Å². The second-order valence-electron chi connectivity index (χ2n) is 4.35. The highest BCUT2D eigenvalue weighted by Gasteiger charge is 2.49. The first-order valence-corrected chi connectivity index (χ1v) is 8.11. The number of hydrogen-bond acceptors (Lipinski definition) is 1. The van der Waals surface area contributed by atoms with Gasteiger partial charge in [-0.25, -0.2) is 4.67 Å². The van der Waals surface area contributed by atoms with Gasteiger partial charge in [-0.3, -0.25) is 9.24 Å². The topological polar surface area (TPSA) is 23.6 Å². The summed E-state index contributed by atoms with van der Waals surface area (Å²) in [5.41, 5.74) is 0.968. The van der Waals surface area contributed by atoms with Crippen molar-refractivity contribution < 1.29 is 4.57 Å². The fraction of sp³-hybridized carbons (Fsp3) is 0.455. The Morgan fingerprint density at radius 3 is 2.75 bits per heavy atom. The van der Waals surface area contributed by atoms with Crippen LogP contribution in [0.2, 0.25) is 0 Å². The van der Waals surface area contributed by atoms with Gasteiger partial charge in [-0.1, -0.05) is 18.2 Å². The lowest BCUT2D eigenvalue weighted by Crippen LogP contribution is -2.20. The van der Waals surface area contributed by atoms with Gasteiger partial charge in [0.2, 0.25) is 0 Å². The lowest BCUT2D eigenvalue weighted by molar-refractivity contribution is 0.439. The third-order valence-corrected chi connectivity index (χ3v) is 6.68. The van der Waals surface area contributed by atoms with Gasteiger partial charge in [0.25, 0.3) is 0 Å². The van der Waals surface area contributed by atoms with Crippen molar-refractivity contribution >= 4 is 23.7 Å². The van der Waals surface area contributed by atoms with Crippen molar-refractivity contribution in [2.45, 2.75) is 18.9 Å². The van der Waals surface area contributed by atoms with E-state index >= 15 is 0 Å². The van der Waals surface area contributed by atoms with Gasteiger partial charge in [0, 0.05) is 24.8 Å². The van der Waals surface area contributed by atoms with E-state index in [1.165, 1.54) is 0 Å². The summed E-state index contributed by atoms with van der Waals surface area (Å²) in [6.07, 6.45) is 2.23. The van der Waals surface area contributed by atoms with Gasteiger partial charge in [0.15, 0.2) is 0 Å². The van der Waals surface area contributed by atoms with Crippen molar-refractivity contribution in [1.29, 1.82) is 0 Å². The summed E-state index contributed by atoms with van der Waals surface area (Å²) in [5.74, 6) is 0. The maximum absolute atomic E-state index is 12.6. The number of benzene rings is 1. The molecule has 3 rings (SSSR count). The first kappa shape index (κ1) is 10.6. The largest absolute Gasteiger partial charge is 0.328 e. The van der Waals surface area contributed by atoms with Gasteiger partial charge in [0.05, 0.1) is 0 Å². The summed E-state index contributed by atoms with van der Waals surface area (Å²) >= 11 is 6.28. The van der Waals surface area contributed by atoms with Crippen LogP contribution in [0.4, 0.5) is 5.69 Å². The van der Waals surface area contributed by atoms with Crippen LogP contribution in [0, 0.1) is 0 Å². The summed E-state index contributed by atoms with van der Waals surface area (Å²) < 4.78 is 16.4. The van der Waals surface area contributed by atoms with Gasteiger partial charge in [-0.15, -0.1) is 0 Å². The maximum atomic E-state index is 12.6. The van der Waals surface area contributed by atoms with Crippen LogP contribution in [0.3, 0.4) is 0 Å². The molecule has 0 aromatic heterocycles. The molecule has 2 saturated heterocycles. The fourth-order valence-electron chi connectivity index (χ4n) is 2.62. The van der Waals surface area contributed by atoms with E-state index in [0.29, 0.717) is 6.04 Å².